The van der Waals surface area contributed by atoms with Gasteiger partial charge in [-0.05, 0) is 35.7 Å². The van der Waals surface area contributed by atoms with E-state index in [4.69, 9.17) is 21.3 Å². The van der Waals surface area contributed by atoms with Crippen LogP contribution in [0, 0.1) is 6.92 Å². The fourth-order valence-corrected chi connectivity index (χ4v) is 6.59. The predicted molar refractivity (Wildman–Crippen MR) is 161 cm³/mol. The molecule has 7 heteroatoms. The Kier molecular flexibility index (Phi) is 6.28. The smallest absolute Gasteiger partial charge is 0.325 e. The molecule has 41 heavy (non-hydrogen) atoms. The fourth-order valence-electron chi connectivity index (χ4n) is 6.37. The molecule has 0 bridgehead atoms. The number of carbonyl (C=O) groups is 1. The molecule has 0 saturated carbocycles. The van der Waals surface area contributed by atoms with Crippen molar-refractivity contribution in [3.05, 3.63) is 149 Å². The first-order valence-corrected chi connectivity index (χ1v) is 14.2. The lowest BCUT2D eigenvalue weighted by Crippen LogP contribution is -2.41. The number of benzene rings is 4. The molecule has 0 N–H and O–H groups in total. The number of carbonyl (C=O) groups excluding carboxylic acids is 1. The van der Waals surface area contributed by atoms with E-state index in [1.54, 1.807) is 6.07 Å². The van der Waals surface area contributed by atoms with Gasteiger partial charge in [-0.15, -0.1) is 0 Å². The van der Waals surface area contributed by atoms with Gasteiger partial charge in [0, 0.05) is 12.2 Å². The highest BCUT2D eigenvalue weighted by Crippen LogP contribution is 2.44. The van der Waals surface area contributed by atoms with Gasteiger partial charge in [-0.1, -0.05) is 109 Å². The highest BCUT2D eigenvalue weighted by atomic mass is 35.5. The normalized spacial score (nSPS) is 16.3. The number of rotatable bonds is 6. The number of ether oxygens (including phenoxy) is 1. The molecular formula is C34H29ClN4O2. The lowest BCUT2D eigenvalue weighted by atomic mass is 9.76. The van der Waals surface area contributed by atoms with Gasteiger partial charge in [0.25, 0.3) is 0 Å². The summed E-state index contributed by atoms with van der Waals surface area (Å²) >= 11 is 6.37. The van der Waals surface area contributed by atoms with Gasteiger partial charge < -0.3 is 14.2 Å². The summed E-state index contributed by atoms with van der Waals surface area (Å²) in [4.78, 5) is 22.3. The fraction of sp³-hybridized carbons (Fsp3) is 0.176. The first-order valence-electron chi connectivity index (χ1n) is 13.8. The minimum atomic E-state index is -0.658. The van der Waals surface area contributed by atoms with Crippen molar-refractivity contribution in [3.63, 3.8) is 0 Å². The summed E-state index contributed by atoms with van der Waals surface area (Å²) in [5.74, 6) is 0.569. The van der Waals surface area contributed by atoms with Crippen LogP contribution in [0.1, 0.15) is 28.1 Å². The second-order valence-corrected chi connectivity index (χ2v) is 10.9. The first kappa shape index (κ1) is 25.4. The van der Waals surface area contributed by atoms with Gasteiger partial charge in [0.15, 0.2) is 5.75 Å². The van der Waals surface area contributed by atoms with Gasteiger partial charge in [-0.2, -0.15) is 0 Å². The molecule has 6 nitrogen and oxygen atoms in total. The maximum atomic E-state index is 13.7. The summed E-state index contributed by atoms with van der Waals surface area (Å²) in [7, 11) is 0. The van der Waals surface area contributed by atoms with Crippen molar-refractivity contribution in [2.75, 3.05) is 18.1 Å². The molecule has 5 aromatic rings. The van der Waals surface area contributed by atoms with Crippen LogP contribution in [0.25, 0.3) is 0 Å². The van der Waals surface area contributed by atoms with Crippen molar-refractivity contribution >= 4 is 23.3 Å². The largest absolute Gasteiger partial charge is 0.488 e. The zero-order valence-electron chi connectivity index (χ0n) is 22.7. The third kappa shape index (κ3) is 4.01. The Bertz CT molecular complexity index is 1610. The van der Waals surface area contributed by atoms with Crippen LogP contribution >= 0.6 is 11.6 Å². The molecule has 3 heterocycles. The van der Waals surface area contributed by atoms with Gasteiger partial charge in [0.1, 0.15) is 12.1 Å². The molecule has 1 atom stereocenters. The van der Waals surface area contributed by atoms with Gasteiger partial charge in [-0.25, -0.2) is 9.78 Å². The predicted octanol–water partition coefficient (Wildman–Crippen LogP) is 6.89. The SMILES string of the molecule is Cc1c(CN2CC3COc4c(Cl)cccc4N3C2=O)ncn1C(c1ccccc1)(c1ccccc1)c1ccccc1. The number of para-hydroxylation sites is 1. The second-order valence-electron chi connectivity index (χ2n) is 10.5. The van der Waals surface area contributed by atoms with E-state index in [0.717, 1.165) is 33.8 Å². The Balaban J connectivity index is 1.31. The van der Waals surface area contributed by atoms with Crippen molar-refractivity contribution in [2.24, 2.45) is 0 Å². The second kappa shape index (κ2) is 10.1. The summed E-state index contributed by atoms with van der Waals surface area (Å²) in [5, 5.41) is 0.515. The van der Waals surface area contributed by atoms with Crippen LogP contribution in [0.2, 0.25) is 5.02 Å². The van der Waals surface area contributed by atoms with Crippen molar-refractivity contribution < 1.29 is 9.53 Å². The molecule has 1 saturated heterocycles. The third-order valence-corrected chi connectivity index (χ3v) is 8.58. The van der Waals surface area contributed by atoms with Crippen molar-refractivity contribution in [1.82, 2.24) is 14.5 Å². The molecule has 0 spiro atoms. The summed E-state index contributed by atoms with van der Waals surface area (Å²) < 4.78 is 8.22. The zero-order chi connectivity index (χ0) is 28.0. The van der Waals surface area contributed by atoms with E-state index >= 15 is 0 Å². The monoisotopic (exact) mass is 560 g/mol. The van der Waals surface area contributed by atoms with Crippen LogP contribution < -0.4 is 9.64 Å². The Labute approximate surface area is 244 Å². The Morgan fingerprint density at radius 3 is 2.02 bits per heavy atom. The van der Waals surface area contributed by atoms with Crippen LogP contribution in [0.15, 0.2) is 116 Å². The van der Waals surface area contributed by atoms with E-state index in [1.807, 2.05) is 46.5 Å². The van der Waals surface area contributed by atoms with Crippen LogP contribution in [0.5, 0.6) is 5.75 Å². The van der Waals surface area contributed by atoms with E-state index < -0.39 is 5.54 Å². The number of amides is 2. The number of hydrogen-bond donors (Lipinski definition) is 0. The van der Waals surface area contributed by atoms with E-state index in [-0.39, 0.29) is 12.1 Å². The summed E-state index contributed by atoms with van der Waals surface area (Å²) in [6.45, 7) is 3.46. The number of imidazole rings is 1. The number of urea groups is 1. The van der Waals surface area contributed by atoms with Gasteiger partial charge in [0.2, 0.25) is 0 Å². The number of nitrogens with zero attached hydrogens (tertiary/aromatic N) is 4. The molecule has 1 unspecified atom stereocenters. The molecule has 1 aromatic heterocycles. The summed E-state index contributed by atoms with van der Waals surface area (Å²) in [5.41, 5.74) is 5.31. The highest BCUT2D eigenvalue weighted by molar-refractivity contribution is 6.32. The standard InChI is InChI=1S/C34H29ClN4O2/c1-24-30(21-37-20-28-22-41-32-29(35)18-11-19-31(32)39(28)33(37)40)36-23-38(24)34(25-12-5-2-6-13-25,26-14-7-3-8-15-26)27-16-9-4-10-17-27/h2-19,23,28H,20-22H2,1H3. The van der Waals surface area contributed by atoms with Crippen LogP contribution in [0.3, 0.4) is 0 Å². The molecule has 0 aliphatic carbocycles. The molecular weight excluding hydrogens is 532 g/mol. The van der Waals surface area contributed by atoms with Crippen LogP contribution in [-0.2, 0) is 12.1 Å². The van der Waals surface area contributed by atoms with Gasteiger partial charge in [-0.3, -0.25) is 4.90 Å². The van der Waals surface area contributed by atoms with Crippen LogP contribution in [-0.4, -0.2) is 39.7 Å². The molecule has 7 rings (SSSR count). The zero-order valence-corrected chi connectivity index (χ0v) is 23.4. The van der Waals surface area contributed by atoms with Crippen LogP contribution in [0.4, 0.5) is 10.5 Å². The lowest BCUT2D eigenvalue weighted by molar-refractivity contribution is 0.217. The minimum Gasteiger partial charge on any atom is -0.488 e. The minimum absolute atomic E-state index is 0.0591. The number of fused-ring (bicyclic) bond motifs is 3. The maximum Gasteiger partial charge on any atom is 0.325 e. The molecule has 1 fully saturated rings. The molecule has 204 valence electrons. The number of aromatic nitrogens is 2. The van der Waals surface area contributed by atoms with Crippen molar-refractivity contribution in [2.45, 2.75) is 25.0 Å². The Morgan fingerprint density at radius 2 is 1.44 bits per heavy atom. The molecule has 0 radical (unpaired) electrons. The summed E-state index contributed by atoms with van der Waals surface area (Å²) in [6, 6.07) is 37.0. The average molecular weight is 561 g/mol. The van der Waals surface area contributed by atoms with Gasteiger partial charge >= 0.3 is 6.03 Å². The third-order valence-electron chi connectivity index (χ3n) is 8.28. The molecule has 2 aliphatic heterocycles. The molecule has 2 amide bonds. The van der Waals surface area contributed by atoms with E-state index in [2.05, 4.69) is 84.3 Å². The quantitative estimate of drug-likeness (QED) is 0.213. The highest BCUT2D eigenvalue weighted by Gasteiger charge is 2.44. The summed E-state index contributed by atoms with van der Waals surface area (Å²) in [6.07, 6.45) is 1.92. The van der Waals surface area contributed by atoms with Gasteiger partial charge in [0.05, 0.1) is 35.3 Å². The van der Waals surface area contributed by atoms with E-state index in [9.17, 15) is 4.79 Å². The topological polar surface area (TPSA) is 50.6 Å². The van der Waals surface area contributed by atoms with E-state index in [0.29, 0.717) is 30.5 Å². The maximum absolute atomic E-state index is 13.7. The average Bonchev–Trinajstić information content (AvgIpc) is 3.54. The Hall–Kier alpha value is -4.55. The molecule has 2 aliphatic rings. The number of halogens is 1. The first-order chi connectivity index (χ1) is 20.1. The molecule has 4 aromatic carbocycles. The van der Waals surface area contributed by atoms with E-state index in [1.165, 1.54) is 0 Å². The lowest BCUT2D eigenvalue weighted by Gasteiger charge is -2.38. The Morgan fingerprint density at radius 1 is 0.854 bits per heavy atom. The van der Waals surface area contributed by atoms with Crippen molar-refractivity contribution in [1.29, 1.82) is 0 Å². The van der Waals surface area contributed by atoms with Crippen molar-refractivity contribution in [3.8, 4) is 5.75 Å². The number of hydrogen-bond acceptors (Lipinski definition) is 3. The number of anilines is 1.